The van der Waals surface area contributed by atoms with Crippen molar-refractivity contribution in [1.82, 2.24) is 19.9 Å². The van der Waals surface area contributed by atoms with Gasteiger partial charge in [0.2, 0.25) is 0 Å². The van der Waals surface area contributed by atoms with Crippen LogP contribution in [-0.2, 0) is 4.79 Å². The van der Waals surface area contributed by atoms with Crippen molar-refractivity contribution in [3.8, 4) is 0 Å². The summed E-state index contributed by atoms with van der Waals surface area (Å²) >= 11 is 5.59. The van der Waals surface area contributed by atoms with Gasteiger partial charge in [0.05, 0.1) is 10.6 Å². The molecule has 0 bridgehead atoms. The van der Waals surface area contributed by atoms with Crippen LogP contribution in [0.25, 0.3) is 5.65 Å². The Morgan fingerprint density at radius 2 is 2.08 bits per heavy atom. The predicted molar refractivity (Wildman–Crippen MR) is 82.2 cm³/mol. The van der Waals surface area contributed by atoms with Gasteiger partial charge in [-0.2, -0.15) is 0 Å². The van der Waals surface area contributed by atoms with Gasteiger partial charge in [0, 0.05) is 6.20 Å². The Kier molecular flexibility index (Phi) is 4.13. The number of halogens is 2. The van der Waals surface area contributed by atoms with Gasteiger partial charge >= 0.3 is 5.97 Å². The largest absolute Gasteiger partial charge is 0.479 e. The van der Waals surface area contributed by atoms with Crippen LogP contribution >= 0.6 is 11.6 Å². The summed E-state index contributed by atoms with van der Waals surface area (Å²) in [6.45, 7) is 0. The topological polar surface area (TPSA) is 96.6 Å². The van der Waals surface area contributed by atoms with Crippen LogP contribution < -0.4 is 5.32 Å². The standard InChI is InChI=1S/C15H10ClFN4O3/c16-10-3-1-8(5-11(10)17)13(15(23)24)19-14(22)9-2-4-12-20-18-7-21(12)6-9/h1-7,13H,(H,19,22)(H,23,24). The molecule has 2 aromatic heterocycles. The minimum absolute atomic E-state index is 0.0723. The van der Waals surface area contributed by atoms with Crippen LogP contribution in [0.2, 0.25) is 5.02 Å². The second-order valence-electron chi connectivity index (χ2n) is 4.93. The molecule has 0 aliphatic heterocycles. The molecule has 0 radical (unpaired) electrons. The van der Waals surface area contributed by atoms with E-state index in [0.29, 0.717) is 5.65 Å². The molecule has 1 unspecified atom stereocenters. The molecule has 24 heavy (non-hydrogen) atoms. The number of nitrogens with zero attached hydrogens (tertiary/aromatic N) is 3. The first-order valence-corrected chi connectivity index (χ1v) is 7.11. The van der Waals surface area contributed by atoms with Crippen molar-refractivity contribution in [1.29, 1.82) is 0 Å². The second kappa shape index (κ2) is 6.25. The molecule has 1 aromatic carbocycles. The monoisotopic (exact) mass is 348 g/mol. The maximum Gasteiger partial charge on any atom is 0.330 e. The summed E-state index contributed by atoms with van der Waals surface area (Å²) in [4.78, 5) is 23.7. The van der Waals surface area contributed by atoms with Crippen molar-refractivity contribution in [2.75, 3.05) is 0 Å². The Bertz CT molecular complexity index is 943. The van der Waals surface area contributed by atoms with E-state index in [0.717, 1.165) is 6.07 Å². The van der Waals surface area contributed by atoms with Crippen molar-refractivity contribution in [2.45, 2.75) is 6.04 Å². The van der Waals surface area contributed by atoms with E-state index in [-0.39, 0.29) is 16.1 Å². The third-order valence-electron chi connectivity index (χ3n) is 3.35. The molecule has 0 spiro atoms. The number of carboxylic acids is 1. The van der Waals surface area contributed by atoms with Gasteiger partial charge in [-0.3, -0.25) is 9.20 Å². The summed E-state index contributed by atoms with van der Waals surface area (Å²) in [5.74, 6) is -2.72. The van der Waals surface area contributed by atoms with E-state index in [1.54, 1.807) is 6.07 Å². The summed E-state index contributed by atoms with van der Waals surface area (Å²) in [5.41, 5.74) is 0.826. The third-order valence-corrected chi connectivity index (χ3v) is 3.66. The van der Waals surface area contributed by atoms with Gasteiger partial charge in [0.1, 0.15) is 12.1 Å². The molecular weight excluding hydrogens is 339 g/mol. The van der Waals surface area contributed by atoms with Crippen molar-refractivity contribution < 1.29 is 19.1 Å². The molecule has 0 saturated heterocycles. The van der Waals surface area contributed by atoms with Crippen LogP contribution in [-0.4, -0.2) is 31.6 Å². The SMILES string of the molecule is O=C(NC(C(=O)O)c1ccc(Cl)c(F)c1)c1ccc2nncn2c1. The maximum absolute atomic E-state index is 13.5. The average molecular weight is 349 g/mol. The van der Waals surface area contributed by atoms with Crippen molar-refractivity contribution >= 4 is 29.1 Å². The molecule has 7 nitrogen and oxygen atoms in total. The third kappa shape index (κ3) is 3.04. The zero-order valence-corrected chi connectivity index (χ0v) is 12.7. The summed E-state index contributed by atoms with van der Waals surface area (Å²) in [5, 5.41) is 19.0. The van der Waals surface area contributed by atoms with Crippen molar-refractivity contribution in [2.24, 2.45) is 0 Å². The number of benzene rings is 1. The molecule has 0 saturated carbocycles. The number of carbonyl (C=O) groups excluding carboxylic acids is 1. The summed E-state index contributed by atoms with van der Waals surface area (Å²) in [7, 11) is 0. The van der Waals surface area contributed by atoms with E-state index in [4.69, 9.17) is 11.6 Å². The van der Waals surface area contributed by atoms with Gasteiger partial charge in [-0.05, 0) is 29.8 Å². The van der Waals surface area contributed by atoms with E-state index < -0.39 is 23.7 Å². The Morgan fingerprint density at radius 3 is 2.79 bits per heavy atom. The summed E-state index contributed by atoms with van der Waals surface area (Å²) in [6, 6.07) is 5.19. The highest BCUT2D eigenvalue weighted by Crippen LogP contribution is 2.21. The molecule has 1 amide bonds. The van der Waals surface area contributed by atoms with Gasteiger partial charge in [-0.1, -0.05) is 17.7 Å². The fourth-order valence-corrected chi connectivity index (χ4v) is 2.27. The van der Waals surface area contributed by atoms with E-state index >= 15 is 0 Å². The lowest BCUT2D eigenvalue weighted by molar-refractivity contribution is -0.139. The quantitative estimate of drug-likeness (QED) is 0.752. The number of aromatic nitrogens is 3. The zero-order chi connectivity index (χ0) is 17.3. The molecule has 3 aromatic rings. The highest BCUT2D eigenvalue weighted by atomic mass is 35.5. The number of carbonyl (C=O) groups is 2. The molecule has 2 N–H and O–H groups in total. The Balaban J connectivity index is 1.88. The lowest BCUT2D eigenvalue weighted by Crippen LogP contribution is -2.34. The van der Waals surface area contributed by atoms with E-state index in [1.807, 2.05) is 0 Å². The van der Waals surface area contributed by atoms with Gasteiger partial charge in [0.15, 0.2) is 11.7 Å². The number of pyridine rings is 1. The van der Waals surface area contributed by atoms with Gasteiger partial charge in [0.25, 0.3) is 5.91 Å². The highest BCUT2D eigenvalue weighted by molar-refractivity contribution is 6.30. The fourth-order valence-electron chi connectivity index (χ4n) is 2.16. The molecule has 0 aliphatic carbocycles. The maximum atomic E-state index is 13.5. The molecular formula is C15H10ClFN4O3. The lowest BCUT2D eigenvalue weighted by atomic mass is 10.1. The van der Waals surface area contributed by atoms with Gasteiger partial charge < -0.3 is 10.4 Å². The van der Waals surface area contributed by atoms with E-state index in [1.165, 1.54) is 35.1 Å². The molecule has 0 aliphatic rings. The van der Waals surface area contributed by atoms with Crippen molar-refractivity contribution in [3.63, 3.8) is 0 Å². The van der Waals surface area contributed by atoms with Crippen molar-refractivity contribution in [3.05, 3.63) is 64.8 Å². The number of rotatable bonds is 4. The molecule has 122 valence electrons. The first kappa shape index (κ1) is 15.9. The molecule has 9 heteroatoms. The number of hydrogen-bond acceptors (Lipinski definition) is 4. The highest BCUT2D eigenvalue weighted by Gasteiger charge is 2.24. The van der Waals surface area contributed by atoms with Crippen LogP contribution in [0.3, 0.4) is 0 Å². The molecule has 0 fully saturated rings. The van der Waals surface area contributed by atoms with Crippen LogP contribution in [0.5, 0.6) is 0 Å². The molecule has 3 rings (SSSR count). The number of nitrogens with one attached hydrogen (secondary N) is 1. The smallest absolute Gasteiger partial charge is 0.330 e. The van der Waals surface area contributed by atoms with Gasteiger partial charge in [-0.15, -0.1) is 10.2 Å². The zero-order valence-electron chi connectivity index (χ0n) is 12.0. The predicted octanol–water partition coefficient (Wildman–Crippen LogP) is 2.08. The number of hydrogen-bond donors (Lipinski definition) is 2. The van der Waals surface area contributed by atoms with Gasteiger partial charge in [-0.25, -0.2) is 9.18 Å². The first-order valence-electron chi connectivity index (χ1n) is 6.74. The number of aliphatic carboxylic acids is 1. The Hall–Kier alpha value is -3.00. The lowest BCUT2D eigenvalue weighted by Gasteiger charge is -2.15. The first-order chi connectivity index (χ1) is 11.5. The Labute approximate surface area is 139 Å². The number of fused-ring (bicyclic) bond motifs is 1. The number of carboxylic acid groups (broad SMARTS) is 1. The number of amides is 1. The van der Waals surface area contributed by atoms with Crippen LogP contribution in [0.15, 0.2) is 42.9 Å². The fraction of sp³-hybridized carbons (Fsp3) is 0.0667. The second-order valence-corrected chi connectivity index (χ2v) is 5.34. The van der Waals surface area contributed by atoms with E-state index in [9.17, 15) is 19.1 Å². The normalized spacial score (nSPS) is 12.1. The average Bonchev–Trinajstić information content (AvgIpc) is 3.02. The Morgan fingerprint density at radius 1 is 1.29 bits per heavy atom. The van der Waals surface area contributed by atoms with Crippen LogP contribution in [0.4, 0.5) is 4.39 Å². The summed E-state index contributed by atoms with van der Waals surface area (Å²) in [6.07, 6.45) is 2.88. The van der Waals surface area contributed by atoms with E-state index in [2.05, 4.69) is 15.5 Å². The molecule has 1 atom stereocenters. The van der Waals surface area contributed by atoms with Crippen LogP contribution in [0.1, 0.15) is 22.0 Å². The molecule has 2 heterocycles. The summed E-state index contributed by atoms with van der Waals surface area (Å²) < 4.78 is 15.1. The minimum Gasteiger partial charge on any atom is -0.479 e. The van der Waals surface area contributed by atoms with Crippen LogP contribution in [0, 0.1) is 5.82 Å². The minimum atomic E-state index is -1.42.